The van der Waals surface area contributed by atoms with E-state index in [4.69, 9.17) is 11.6 Å². The third-order valence-corrected chi connectivity index (χ3v) is 5.37. The van der Waals surface area contributed by atoms with E-state index in [2.05, 4.69) is 33.5 Å². The second-order valence-corrected chi connectivity index (χ2v) is 6.39. The van der Waals surface area contributed by atoms with Gasteiger partial charge in [0.05, 0.1) is 0 Å². The van der Waals surface area contributed by atoms with Crippen molar-refractivity contribution in [2.24, 2.45) is 5.92 Å². The van der Waals surface area contributed by atoms with Crippen LogP contribution in [0.5, 0.6) is 0 Å². The molecular formula is C13H16BrClS. The molecule has 1 aromatic rings. The number of allylic oxidation sites excluding steroid dienone is 1. The Kier molecular flexibility index (Phi) is 4.93. The van der Waals surface area contributed by atoms with Crippen molar-refractivity contribution in [2.45, 2.75) is 32.1 Å². The van der Waals surface area contributed by atoms with Gasteiger partial charge in [-0.25, -0.2) is 0 Å². The van der Waals surface area contributed by atoms with Crippen LogP contribution in [0.25, 0.3) is 6.08 Å². The molecule has 0 radical (unpaired) electrons. The minimum absolute atomic E-state index is 0.676. The Labute approximate surface area is 115 Å². The largest absolute Gasteiger partial charge is 0.143 e. The van der Waals surface area contributed by atoms with Crippen LogP contribution >= 0.6 is 38.9 Å². The molecule has 0 amide bonds. The Bertz CT molecular complexity index is 364. The van der Waals surface area contributed by atoms with Gasteiger partial charge < -0.3 is 0 Å². The molecule has 0 spiro atoms. The molecule has 0 bridgehead atoms. The fourth-order valence-electron chi connectivity index (χ4n) is 2.32. The van der Waals surface area contributed by atoms with Gasteiger partial charge in [0.2, 0.25) is 0 Å². The van der Waals surface area contributed by atoms with Crippen molar-refractivity contribution < 1.29 is 0 Å². The second kappa shape index (κ2) is 6.23. The summed E-state index contributed by atoms with van der Waals surface area (Å²) in [7, 11) is 0. The van der Waals surface area contributed by atoms with Crippen molar-refractivity contribution in [3.8, 4) is 0 Å². The average Bonchev–Trinajstić information content (AvgIpc) is 2.73. The van der Waals surface area contributed by atoms with Crippen molar-refractivity contribution in [1.29, 1.82) is 0 Å². The summed E-state index contributed by atoms with van der Waals surface area (Å²) in [5.41, 5.74) is 1.42. The zero-order chi connectivity index (χ0) is 11.4. The monoisotopic (exact) mass is 318 g/mol. The van der Waals surface area contributed by atoms with E-state index < -0.39 is 0 Å². The van der Waals surface area contributed by atoms with Gasteiger partial charge in [0.1, 0.15) is 0 Å². The zero-order valence-electron chi connectivity index (χ0n) is 9.22. The van der Waals surface area contributed by atoms with Crippen LogP contribution in [0.2, 0.25) is 0 Å². The summed E-state index contributed by atoms with van der Waals surface area (Å²) in [4.78, 5) is 1.31. The quantitative estimate of drug-likeness (QED) is 0.626. The van der Waals surface area contributed by atoms with E-state index in [1.54, 1.807) is 11.3 Å². The predicted molar refractivity (Wildman–Crippen MR) is 77.3 cm³/mol. The zero-order valence-corrected chi connectivity index (χ0v) is 12.4. The Hall–Kier alpha value is 0.210. The highest BCUT2D eigenvalue weighted by Crippen LogP contribution is 2.33. The van der Waals surface area contributed by atoms with Crippen LogP contribution in [0.15, 0.2) is 21.5 Å². The maximum atomic E-state index is 6.09. The summed E-state index contributed by atoms with van der Waals surface area (Å²) in [5.74, 6) is 1.40. The van der Waals surface area contributed by atoms with Gasteiger partial charge in [-0.2, -0.15) is 0 Å². The maximum Gasteiger partial charge on any atom is 0.0439 e. The van der Waals surface area contributed by atoms with Gasteiger partial charge in [-0.1, -0.05) is 24.8 Å². The highest BCUT2D eigenvalue weighted by atomic mass is 79.9. The molecule has 0 nitrogen and oxygen atoms in total. The summed E-state index contributed by atoms with van der Waals surface area (Å²) in [6.45, 7) is 0. The van der Waals surface area contributed by atoms with Gasteiger partial charge in [-0.3, -0.25) is 0 Å². The first-order chi connectivity index (χ1) is 7.81. The van der Waals surface area contributed by atoms with Crippen molar-refractivity contribution in [2.75, 3.05) is 5.88 Å². The van der Waals surface area contributed by atoms with Gasteiger partial charge in [0, 0.05) is 15.2 Å². The number of hydrogen-bond acceptors (Lipinski definition) is 1. The molecule has 0 aliphatic heterocycles. The molecule has 16 heavy (non-hydrogen) atoms. The summed E-state index contributed by atoms with van der Waals surface area (Å²) in [6.07, 6.45) is 9.06. The second-order valence-electron chi connectivity index (χ2n) is 4.32. The SMILES string of the molecule is ClC/C(=C/c1sccc1Br)C1CCCCC1. The normalized spacial score (nSPS) is 19.0. The molecule has 1 fully saturated rings. The summed E-state index contributed by atoms with van der Waals surface area (Å²) in [6, 6.07) is 2.10. The number of hydrogen-bond donors (Lipinski definition) is 0. The molecule has 1 saturated carbocycles. The van der Waals surface area contributed by atoms with E-state index in [9.17, 15) is 0 Å². The first-order valence-electron chi connectivity index (χ1n) is 5.80. The van der Waals surface area contributed by atoms with Crippen LogP contribution in [0.4, 0.5) is 0 Å². The molecule has 0 unspecified atom stereocenters. The van der Waals surface area contributed by atoms with E-state index >= 15 is 0 Å². The lowest BCUT2D eigenvalue weighted by Crippen LogP contribution is -2.10. The van der Waals surface area contributed by atoms with Crippen molar-refractivity contribution >= 4 is 44.9 Å². The molecule has 0 aromatic carbocycles. The molecule has 88 valence electrons. The van der Waals surface area contributed by atoms with Crippen LogP contribution < -0.4 is 0 Å². The Morgan fingerprint density at radius 2 is 2.19 bits per heavy atom. The van der Waals surface area contributed by atoms with Crippen molar-refractivity contribution in [3.63, 3.8) is 0 Å². The molecule has 1 aliphatic rings. The Morgan fingerprint density at radius 3 is 2.75 bits per heavy atom. The minimum Gasteiger partial charge on any atom is -0.143 e. The molecule has 1 aliphatic carbocycles. The molecular weight excluding hydrogens is 304 g/mol. The Balaban J connectivity index is 2.14. The van der Waals surface area contributed by atoms with Crippen LogP contribution in [0.1, 0.15) is 37.0 Å². The topological polar surface area (TPSA) is 0 Å². The highest BCUT2D eigenvalue weighted by molar-refractivity contribution is 9.10. The van der Waals surface area contributed by atoms with E-state index in [1.165, 1.54) is 47.0 Å². The lowest BCUT2D eigenvalue weighted by atomic mass is 9.84. The van der Waals surface area contributed by atoms with Crippen molar-refractivity contribution in [3.05, 3.63) is 26.4 Å². The number of halogens is 2. The standard InChI is InChI=1S/C13H16BrClS/c14-12-6-7-16-13(12)8-11(9-15)10-4-2-1-3-5-10/h6-8,10H,1-5,9H2/b11-8-. The third-order valence-electron chi connectivity index (χ3n) is 3.25. The molecule has 0 N–H and O–H groups in total. The number of thiophene rings is 1. The van der Waals surface area contributed by atoms with Gasteiger partial charge in [-0.05, 0) is 52.2 Å². The third kappa shape index (κ3) is 3.12. The average molecular weight is 320 g/mol. The van der Waals surface area contributed by atoms with Crippen LogP contribution in [0, 0.1) is 5.92 Å². The first kappa shape index (κ1) is 12.7. The Morgan fingerprint density at radius 1 is 1.44 bits per heavy atom. The van der Waals surface area contributed by atoms with Crippen LogP contribution in [-0.2, 0) is 0 Å². The van der Waals surface area contributed by atoms with Gasteiger partial charge in [-0.15, -0.1) is 22.9 Å². The summed E-state index contributed by atoms with van der Waals surface area (Å²) >= 11 is 11.4. The van der Waals surface area contributed by atoms with E-state index in [-0.39, 0.29) is 0 Å². The van der Waals surface area contributed by atoms with E-state index in [0.717, 1.165) is 5.92 Å². The fourth-order valence-corrected chi connectivity index (χ4v) is 4.06. The summed E-state index contributed by atoms with van der Waals surface area (Å²) in [5, 5.41) is 2.11. The van der Waals surface area contributed by atoms with Crippen LogP contribution in [-0.4, -0.2) is 5.88 Å². The number of rotatable bonds is 3. The molecule has 0 atom stereocenters. The summed E-state index contributed by atoms with van der Waals surface area (Å²) < 4.78 is 1.19. The fraction of sp³-hybridized carbons (Fsp3) is 0.538. The molecule has 1 heterocycles. The van der Waals surface area contributed by atoms with Crippen molar-refractivity contribution in [1.82, 2.24) is 0 Å². The lowest BCUT2D eigenvalue weighted by Gasteiger charge is -2.23. The smallest absolute Gasteiger partial charge is 0.0439 e. The van der Waals surface area contributed by atoms with Gasteiger partial charge in [0.25, 0.3) is 0 Å². The predicted octanol–water partition coefficient (Wildman–Crippen LogP) is 5.71. The first-order valence-corrected chi connectivity index (χ1v) is 8.01. The maximum absolute atomic E-state index is 6.09. The number of alkyl halides is 1. The minimum atomic E-state index is 0.676. The molecule has 3 heteroatoms. The molecule has 1 aromatic heterocycles. The van der Waals surface area contributed by atoms with Crippen LogP contribution in [0.3, 0.4) is 0 Å². The van der Waals surface area contributed by atoms with E-state index in [0.29, 0.717) is 5.88 Å². The highest BCUT2D eigenvalue weighted by Gasteiger charge is 2.17. The molecule has 2 rings (SSSR count). The van der Waals surface area contributed by atoms with E-state index in [1.807, 2.05) is 0 Å². The van der Waals surface area contributed by atoms with Gasteiger partial charge >= 0.3 is 0 Å². The lowest BCUT2D eigenvalue weighted by molar-refractivity contribution is 0.405. The van der Waals surface area contributed by atoms with Gasteiger partial charge in [0.15, 0.2) is 0 Å². The molecule has 0 saturated heterocycles.